The Labute approximate surface area is 138 Å². The maximum Gasteiger partial charge on any atom is 0.314 e. The van der Waals surface area contributed by atoms with E-state index in [0.717, 1.165) is 19.3 Å². The molecule has 2 heterocycles. The Morgan fingerprint density at radius 3 is 2.39 bits per heavy atom. The molecule has 23 heavy (non-hydrogen) atoms. The van der Waals surface area contributed by atoms with Gasteiger partial charge in [0.1, 0.15) is 0 Å². The minimum atomic E-state index is -0.900. The molecule has 4 aliphatic rings. The second-order valence-electron chi connectivity index (χ2n) is 8.91. The summed E-state index contributed by atoms with van der Waals surface area (Å²) in [6.07, 6.45) is 2.97. The predicted octanol–water partition coefficient (Wildman–Crippen LogP) is 2.87. The molecule has 2 saturated heterocycles. The number of fused-ring (bicyclic) bond motifs is 5. The van der Waals surface area contributed by atoms with Crippen LogP contribution in [0.3, 0.4) is 0 Å². The van der Waals surface area contributed by atoms with Gasteiger partial charge in [-0.05, 0) is 25.7 Å². The van der Waals surface area contributed by atoms with Crippen molar-refractivity contribution in [1.29, 1.82) is 0 Å². The molecule has 2 aliphatic carbocycles. The Hall–Kier alpha value is -0.650. The first-order valence-corrected chi connectivity index (χ1v) is 8.84. The van der Waals surface area contributed by atoms with E-state index in [2.05, 4.69) is 6.92 Å². The first kappa shape index (κ1) is 15.9. The van der Waals surface area contributed by atoms with Crippen molar-refractivity contribution in [3.8, 4) is 0 Å². The Kier molecular flexibility index (Phi) is 3.10. The van der Waals surface area contributed by atoms with E-state index in [1.165, 1.54) is 0 Å². The quantitative estimate of drug-likeness (QED) is 0.641. The van der Waals surface area contributed by atoms with Crippen LogP contribution in [0.4, 0.5) is 0 Å². The molecular formula is C18H28O5. The van der Waals surface area contributed by atoms with Crippen molar-refractivity contribution in [2.75, 3.05) is 13.2 Å². The lowest BCUT2D eigenvalue weighted by molar-refractivity contribution is -0.418. The minimum absolute atomic E-state index is 0.0563. The van der Waals surface area contributed by atoms with Gasteiger partial charge in [-0.3, -0.25) is 4.79 Å². The highest BCUT2D eigenvalue weighted by Gasteiger charge is 2.76. The van der Waals surface area contributed by atoms with Crippen molar-refractivity contribution in [2.24, 2.45) is 23.2 Å². The van der Waals surface area contributed by atoms with Gasteiger partial charge in [0, 0.05) is 24.7 Å². The molecule has 130 valence electrons. The summed E-state index contributed by atoms with van der Waals surface area (Å²) in [7, 11) is 0. The molecule has 5 heteroatoms. The van der Waals surface area contributed by atoms with Crippen molar-refractivity contribution in [2.45, 2.75) is 71.1 Å². The lowest BCUT2D eigenvalue weighted by atomic mass is 9.47. The van der Waals surface area contributed by atoms with Crippen LogP contribution >= 0.6 is 0 Å². The standard InChI is InChI=1S/C18H28O5/c1-15(2,3)17(5)22-14(19)13-12-11(16(13,4)23-17)7-6-8-18(12)20-9-10-21-18/h11-13H,6-10H2,1-5H3/t11-,12-,13+,16+,17-/m0/s1. The smallest absolute Gasteiger partial charge is 0.314 e. The van der Waals surface area contributed by atoms with E-state index in [1.54, 1.807) is 0 Å². The molecule has 0 aromatic carbocycles. The molecule has 0 amide bonds. The zero-order chi connectivity index (χ0) is 16.7. The molecule has 0 aromatic heterocycles. The third-order valence-corrected chi connectivity index (χ3v) is 6.80. The van der Waals surface area contributed by atoms with Gasteiger partial charge in [-0.1, -0.05) is 20.8 Å². The van der Waals surface area contributed by atoms with Gasteiger partial charge in [-0.25, -0.2) is 0 Å². The molecule has 0 radical (unpaired) electrons. The molecule has 2 saturated carbocycles. The summed E-state index contributed by atoms with van der Waals surface area (Å²) in [5, 5.41) is 0. The van der Waals surface area contributed by atoms with Gasteiger partial charge >= 0.3 is 5.97 Å². The second-order valence-corrected chi connectivity index (χ2v) is 8.91. The summed E-state index contributed by atoms with van der Waals surface area (Å²) in [4.78, 5) is 12.9. The number of carbonyl (C=O) groups excluding carboxylic acids is 1. The van der Waals surface area contributed by atoms with Gasteiger partial charge in [-0.2, -0.15) is 0 Å². The number of ether oxygens (including phenoxy) is 4. The van der Waals surface area contributed by atoms with Crippen molar-refractivity contribution < 1.29 is 23.7 Å². The SMILES string of the molecule is CC(C)(C)[C@@]1(C)OC(=O)[C@H]2[C@@H]3[C@H](CCCC34OCCO4)[C@@]2(C)O1. The van der Waals surface area contributed by atoms with Crippen LogP contribution in [0.15, 0.2) is 0 Å². The number of carbonyl (C=O) groups is 1. The van der Waals surface area contributed by atoms with Crippen LogP contribution in [0.5, 0.6) is 0 Å². The summed E-state index contributed by atoms with van der Waals surface area (Å²) >= 11 is 0. The van der Waals surface area contributed by atoms with Gasteiger partial charge < -0.3 is 18.9 Å². The number of cyclic esters (lactones) is 1. The van der Waals surface area contributed by atoms with Crippen LogP contribution in [-0.4, -0.2) is 36.4 Å². The molecule has 4 fully saturated rings. The zero-order valence-corrected chi connectivity index (χ0v) is 14.8. The third kappa shape index (κ3) is 1.87. The molecule has 5 atom stereocenters. The maximum atomic E-state index is 12.9. The van der Waals surface area contributed by atoms with Crippen LogP contribution in [0.25, 0.3) is 0 Å². The normalized spacial score (nSPS) is 48.4. The van der Waals surface area contributed by atoms with Crippen LogP contribution in [-0.2, 0) is 23.7 Å². The fourth-order valence-corrected chi connectivity index (χ4v) is 5.15. The molecule has 4 rings (SSSR count). The molecular weight excluding hydrogens is 296 g/mol. The molecule has 5 nitrogen and oxygen atoms in total. The number of hydrogen-bond donors (Lipinski definition) is 0. The largest absolute Gasteiger partial charge is 0.432 e. The average Bonchev–Trinajstić information content (AvgIpc) is 2.86. The first-order valence-electron chi connectivity index (χ1n) is 8.84. The first-order chi connectivity index (χ1) is 10.6. The average molecular weight is 324 g/mol. The van der Waals surface area contributed by atoms with Gasteiger partial charge in [0.25, 0.3) is 0 Å². The Balaban J connectivity index is 1.69. The van der Waals surface area contributed by atoms with E-state index < -0.39 is 17.2 Å². The Bertz CT molecular complexity index is 532. The molecule has 0 unspecified atom stereocenters. The number of esters is 1. The highest BCUT2D eigenvalue weighted by atomic mass is 16.8. The summed E-state index contributed by atoms with van der Waals surface area (Å²) in [5.41, 5.74) is -0.765. The minimum Gasteiger partial charge on any atom is -0.432 e. The maximum absolute atomic E-state index is 12.9. The Morgan fingerprint density at radius 1 is 1.13 bits per heavy atom. The third-order valence-electron chi connectivity index (χ3n) is 6.80. The fraction of sp³-hybridized carbons (Fsp3) is 0.944. The van der Waals surface area contributed by atoms with Crippen molar-refractivity contribution in [3.63, 3.8) is 0 Å². The van der Waals surface area contributed by atoms with Gasteiger partial charge in [-0.15, -0.1) is 0 Å². The fourth-order valence-electron chi connectivity index (χ4n) is 5.15. The predicted molar refractivity (Wildman–Crippen MR) is 82.4 cm³/mol. The van der Waals surface area contributed by atoms with E-state index in [1.807, 2.05) is 27.7 Å². The highest BCUT2D eigenvalue weighted by molar-refractivity contribution is 5.77. The highest BCUT2D eigenvalue weighted by Crippen LogP contribution is 2.66. The summed E-state index contributed by atoms with van der Waals surface area (Å²) in [6.45, 7) is 11.3. The van der Waals surface area contributed by atoms with Crippen molar-refractivity contribution in [1.82, 2.24) is 0 Å². The molecule has 0 bridgehead atoms. The van der Waals surface area contributed by atoms with E-state index in [0.29, 0.717) is 13.2 Å². The van der Waals surface area contributed by atoms with Gasteiger partial charge in [0.05, 0.1) is 24.7 Å². The summed E-state index contributed by atoms with van der Waals surface area (Å²) in [6, 6.07) is 0. The monoisotopic (exact) mass is 324 g/mol. The topological polar surface area (TPSA) is 54.0 Å². The van der Waals surface area contributed by atoms with Crippen LogP contribution < -0.4 is 0 Å². The summed E-state index contributed by atoms with van der Waals surface area (Å²) < 4.78 is 24.3. The second kappa shape index (κ2) is 4.50. The molecule has 0 aromatic rings. The van der Waals surface area contributed by atoms with Gasteiger partial charge in [0.15, 0.2) is 5.79 Å². The van der Waals surface area contributed by atoms with E-state index >= 15 is 0 Å². The summed E-state index contributed by atoms with van der Waals surface area (Å²) in [5.74, 6) is -1.60. The number of rotatable bonds is 0. The van der Waals surface area contributed by atoms with E-state index in [-0.39, 0.29) is 29.1 Å². The van der Waals surface area contributed by atoms with Crippen LogP contribution in [0, 0.1) is 23.2 Å². The lowest BCUT2D eigenvalue weighted by Crippen LogP contribution is -2.78. The van der Waals surface area contributed by atoms with Crippen molar-refractivity contribution in [3.05, 3.63) is 0 Å². The van der Waals surface area contributed by atoms with Crippen LogP contribution in [0.1, 0.15) is 53.9 Å². The van der Waals surface area contributed by atoms with E-state index in [9.17, 15) is 4.79 Å². The van der Waals surface area contributed by atoms with Gasteiger partial charge in [0.2, 0.25) is 5.79 Å². The zero-order valence-electron chi connectivity index (χ0n) is 14.8. The van der Waals surface area contributed by atoms with E-state index in [4.69, 9.17) is 18.9 Å². The molecule has 2 aliphatic heterocycles. The lowest BCUT2D eigenvalue weighted by Gasteiger charge is -2.68. The van der Waals surface area contributed by atoms with Crippen LogP contribution in [0.2, 0.25) is 0 Å². The van der Waals surface area contributed by atoms with Crippen molar-refractivity contribution >= 4 is 5.97 Å². The molecule has 1 spiro atoms. The number of hydrogen-bond acceptors (Lipinski definition) is 5. The Morgan fingerprint density at radius 2 is 1.78 bits per heavy atom. The molecule has 0 N–H and O–H groups in total.